The molecule has 4 aromatic rings. The lowest BCUT2D eigenvalue weighted by Gasteiger charge is -2.41. The second-order valence-corrected chi connectivity index (χ2v) is 9.56. The number of carbonyl (C=O) groups is 2. The van der Waals surface area contributed by atoms with Crippen molar-refractivity contribution in [3.8, 4) is 0 Å². The number of benzene rings is 3. The molecule has 184 valence electrons. The van der Waals surface area contributed by atoms with Gasteiger partial charge in [-0.2, -0.15) is 0 Å². The van der Waals surface area contributed by atoms with Crippen LogP contribution < -0.4 is 5.32 Å². The van der Waals surface area contributed by atoms with Gasteiger partial charge in [-0.1, -0.05) is 62.4 Å². The molecule has 6 nitrogen and oxygen atoms in total. The molecule has 0 spiro atoms. The van der Waals surface area contributed by atoms with Gasteiger partial charge in [-0.15, -0.1) is 0 Å². The van der Waals surface area contributed by atoms with E-state index in [1.165, 1.54) is 5.56 Å². The summed E-state index contributed by atoms with van der Waals surface area (Å²) in [6.45, 7) is 5.03. The summed E-state index contributed by atoms with van der Waals surface area (Å²) in [6.07, 6.45) is 1.92. The topological polar surface area (TPSA) is 74.4 Å². The van der Waals surface area contributed by atoms with Gasteiger partial charge in [-0.3, -0.25) is 9.59 Å². The molecule has 0 saturated carbocycles. The van der Waals surface area contributed by atoms with Crippen LogP contribution >= 0.6 is 0 Å². The van der Waals surface area contributed by atoms with Gasteiger partial charge >= 0.3 is 0 Å². The van der Waals surface area contributed by atoms with Crippen molar-refractivity contribution in [1.82, 2.24) is 9.88 Å². The van der Waals surface area contributed by atoms with E-state index < -0.39 is 12.0 Å². The number of hydrogen-bond acceptors (Lipinski definition) is 3. The fourth-order valence-corrected chi connectivity index (χ4v) is 5.17. The zero-order valence-corrected chi connectivity index (χ0v) is 20.8. The number of amides is 2. The van der Waals surface area contributed by atoms with Crippen LogP contribution in [0.25, 0.3) is 10.9 Å². The fraction of sp³-hybridized carbons (Fsp3) is 0.267. The van der Waals surface area contributed by atoms with Crippen LogP contribution in [0, 0.1) is 0 Å². The highest BCUT2D eigenvalue weighted by atomic mass is 16.5. The molecule has 0 unspecified atom stereocenters. The number of para-hydroxylation sites is 1. The lowest BCUT2D eigenvalue weighted by atomic mass is 9.79. The Morgan fingerprint density at radius 3 is 2.47 bits per heavy atom. The lowest BCUT2D eigenvalue weighted by molar-refractivity contribution is -0.119. The highest BCUT2D eigenvalue weighted by Crippen LogP contribution is 2.45. The Morgan fingerprint density at radius 2 is 1.72 bits per heavy atom. The molecule has 2 heterocycles. The molecule has 5 rings (SSSR count). The quantitative estimate of drug-likeness (QED) is 0.347. The molecule has 1 aliphatic rings. The predicted octanol–water partition coefficient (Wildman–Crippen LogP) is 5.86. The number of anilines is 1. The summed E-state index contributed by atoms with van der Waals surface area (Å²) < 4.78 is 5.35. The minimum absolute atomic E-state index is 0.0942. The van der Waals surface area contributed by atoms with Gasteiger partial charge in [0.1, 0.15) is 0 Å². The Bertz CT molecular complexity index is 1390. The average Bonchev–Trinajstić information content (AvgIpc) is 3.32. The Labute approximate surface area is 211 Å². The molecule has 2 N–H and O–H groups in total. The third kappa shape index (κ3) is 4.29. The molecule has 1 aliphatic heterocycles. The Kier molecular flexibility index (Phi) is 6.61. The number of aromatic amines is 1. The van der Waals surface area contributed by atoms with Gasteiger partial charge in [0.15, 0.2) is 0 Å². The molecular weight excluding hydrogens is 450 g/mol. The van der Waals surface area contributed by atoms with Crippen LogP contribution in [0.2, 0.25) is 0 Å². The van der Waals surface area contributed by atoms with Crippen molar-refractivity contribution >= 4 is 28.4 Å². The van der Waals surface area contributed by atoms with E-state index in [1.54, 1.807) is 18.1 Å². The Balaban J connectivity index is 1.62. The van der Waals surface area contributed by atoms with Gasteiger partial charge in [0, 0.05) is 47.6 Å². The van der Waals surface area contributed by atoms with Crippen LogP contribution in [0.3, 0.4) is 0 Å². The molecule has 0 radical (unpaired) electrons. The Morgan fingerprint density at radius 1 is 1.00 bits per heavy atom. The summed E-state index contributed by atoms with van der Waals surface area (Å²) in [7, 11) is 1.62. The van der Waals surface area contributed by atoms with E-state index in [1.807, 2.05) is 72.9 Å². The number of carbonyl (C=O) groups excluding carboxylic acids is 2. The minimum atomic E-state index is -0.597. The van der Waals surface area contributed by atoms with Crippen LogP contribution in [0.15, 0.2) is 79.0 Å². The number of methoxy groups -OCH3 is 1. The minimum Gasteiger partial charge on any atom is -0.383 e. The van der Waals surface area contributed by atoms with Gasteiger partial charge in [0.05, 0.1) is 18.6 Å². The van der Waals surface area contributed by atoms with Crippen molar-refractivity contribution in [3.05, 3.63) is 101 Å². The second-order valence-electron chi connectivity index (χ2n) is 9.56. The van der Waals surface area contributed by atoms with E-state index in [4.69, 9.17) is 4.74 Å². The van der Waals surface area contributed by atoms with Crippen molar-refractivity contribution in [1.29, 1.82) is 0 Å². The first-order valence-electron chi connectivity index (χ1n) is 12.3. The maximum absolute atomic E-state index is 14.0. The van der Waals surface area contributed by atoms with Gasteiger partial charge in [0.2, 0.25) is 5.91 Å². The Hall–Kier alpha value is -3.90. The number of H-pyrrole nitrogens is 1. The highest BCUT2D eigenvalue weighted by Gasteiger charge is 2.44. The molecular formula is C30H31N3O3. The monoisotopic (exact) mass is 481 g/mol. The van der Waals surface area contributed by atoms with E-state index >= 15 is 0 Å². The maximum atomic E-state index is 14.0. The summed E-state index contributed by atoms with van der Waals surface area (Å²) in [5.41, 5.74) is 5.13. The number of hydrogen-bond donors (Lipinski definition) is 2. The summed E-state index contributed by atoms with van der Waals surface area (Å²) >= 11 is 0. The van der Waals surface area contributed by atoms with E-state index in [0.717, 1.165) is 27.7 Å². The standard InChI is InChI=1S/C30H31N3O3/c1-19(2)20-12-14-21(15-13-20)32-29(34)27-23-9-4-5-10-24(23)30(35)33(16-17-36-3)28(27)25-18-31-26-11-7-6-8-22(25)26/h4-15,18-19,27-28,31H,16-17H2,1-3H3,(H,32,34)/t27-,28+/m0/s1. The number of rotatable bonds is 7. The van der Waals surface area contributed by atoms with E-state index in [0.29, 0.717) is 24.6 Å². The summed E-state index contributed by atoms with van der Waals surface area (Å²) in [5, 5.41) is 4.13. The lowest BCUT2D eigenvalue weighted by Crippen LogP contribution is -2.47. The van der Waals surface area contributed by atoms with Crippen molar-refractivity contribution in [2.75, 3.05) is 25.6 Å². The van der Waals surface area contributed by atoms with E-state index in [9.17, 15) is 9.59 Å². The normalized spacial score (nSPS) is 17.4. The molecule has 2 atom stereocenters. The molecule has 3 aromatic carbocycles. The molecule has 36 heavy (non-hydrogen) atoms. The first-order valence-corrected chi connectivity index (χ1v) is 12.3. The molecule has 0 fully saturated rings. The number of fused-ring (bicyclic) bond motifs is 2. The number of aromatic nitrogens is 1. The van der Waals surface area contributed by atoms with Crippen LogP contribution in [0.1, 0.15) is 58.8 Å². The van der Waals surface area contributed by atoms with E-state index in [-0.39, 0.29) is 11.8 Å². The van der Waals surface area contributed by atoms with Crippen molar-refractivity contribution < 1.29 is 14.3 Å². The smallest absolute Gasteiger partial charge is 0.254 e. The number of nitrogens with zero attached hydrogens (tertiary/aromatic N) is 1. The molecule has 0 aliphatic carbocycles. The van der Waals surface area contributed by atoms with Gasteiger partial charge in [-0.05, 0) is 41.3 Å². The van der Waals surface area contributed by atoms with Gasteiger partial charge < -0.3 is 19.9 Å². The average molecular weight is 482 g/mol. The summed E-state index contributed by atoms with van der Waals surface area (Å²) in [6, 6.07) is 22.9. The largest absolute Gasteiger partial charge is 0.383 e. The third-order valence-corrected chi connectivity index (χ3v) is 7.04. The zero-order valence-electron chi connectivity index (χ0n) is 20.8. The molecule has 2 amide bonds. The SMILES string of the molecule is COCCN1C(=O)c2ccccc2[C@H](C(=O)Nc2ccc(C(C)C)cc2)[C@H]1c1c[nH]c2ccccc12. The summed E-state index contributed by atoms with van der Waals surface area (Å²) in [4.78, 5) is 32.9. The fourth-order valence-electron chi connectivity index (χ4n) is 5.17. The first kappa shape index (κ1) is 23.8. The first-order chi connectivity index (χ1) is 17.5. The van der Waals surface area contributed by atoms with Crippen molar-refractivity contribution in [2.24, 2.45) is 0 Å². The number of ether oxygens (including phenoxy) is 1. The second kappa shape index (κ2) is 9.99. The van der Waals surface area contributed by atoms with Gasteiger partial charge in [0.25, 0.3) is 5.91 Å². The third-order valence-electron chi connectivity index (χ3n) is 7.04. The van der Waals surface area contributed by atoms with Crippen molar-refractivity contribution in [2.45, 2.75) is 31.7 Å². The van der Waals surface area contributed by atoms with Crippen LogP contribution in [-0.4, -0.2) is 42.0 Å². The molecule has 6 heteroatoms. The number of nitrogens with one attached hydrogen (secondary N) is 2. The van der Waals surface area contributed by atoms with E-state index in [2.05, 4.69) is 24.1 Å². The molecule has 1 aromatic heterocycles. The highest BCUT2D eigenvalue weighted by molar-refractivity contribution is 6.05. The van der Waals surface area contributed by atoms with Gasteiger partial charge in [-0.25, -0.2) is 0 Å². The predicted molar refractivity (Wildman–Crippen MR) is 142 cm³/mol. The molecule has 0 bridgehead atoms. The van der Waals surface area contributed by atoms with Crippen LogP contribution in [0.4, 0.5) is 5.69 Å². The zero-order chi connectivity index (χ0) is 25.2. The van der Waals surface area contributed by atoms with Crippen molar-refractivity contribution in [3.63, 3.8) is 0 Å². The summed E-state index contributed by atoms with van der Waals surface area (Å²) in [5.74, 6) is -0.431. The van der Waals surface area contributed by atoms with Crippen LogP contribution in [0.5, 0.6) is 0 Å². The maximum Gasteiger partial charge on any atom is 0.254 e. The van der Waals surface area contributed by atoms with Crippen LogP contribution in [-0.2, 0) is 9.53 Å². The molecule has 0 saturated heterocycles.